The van der Waals surface area contributed by atoms with Gasteiger partial charge < -0.3 is 14.7 Å². The maximum atomic E-state index is 11.1. The molecule has 0 aromatic carbocycles. The second kappa shape index (κ2) is 4.75. The van der Waals surface area contributed by atoms with E-state index in [4.69, 9.17) is 0 Å². The summed E-state index contributed by atoms with van der Waals surface area (Å²) in [6, 6.07) is 0. The Labute approximate surface area is 84.8 Å². The van der Waals surface area contributed by atoms with Crippen molar-refractivity contribution >= 4 is 5.97 Å². The van der Waals surface area contributed by atoms with E-state index >= 15 is 0 Å². The number of aliphatic hydroxyl groups is 1. The summed E-state index contributed by atoms with van der Waals surface area (Å²) in [6.07, 6.45) is 2.40. The summed E-state index contributed by atoms with van der Waals surface area (Å²) in [4.78, 5) is 13.3. The zero-order valence-corrected chi connectivity index (χ0v) is 8.95. The number of hydrogen-bond acceptors (Lipinski definition) is 4. The fraction of sp³-hybridized carbons (Fsp3) is 0.900. The van der Waals surface area contributed by atoms with Crippen LogP contribution in [0.5, 0.6) is 0 Å². The number of ether oxygens (including phenoxy) is 1. The van der Waals surface area contributed by atoms with E-state index in [-0.39, 0.29) is 12.4 Å². The van der Waals surface area contributed by atoms with Crippen molar-refractivity contribution in [3.8, 4) is 0 Å². The zero-order valence-electron chi connectivity index (χ0n) is 8.95. The van der Waals surface area contributed by atoms with Crippen molar-refractivity contribution in [3.05, 3.63) is 0 Å². The van der Waals surface area contributed by atoms with Crippen molar-refractivity contribution in [2.45, 2.75) is 31.3 Å². The summed E-state index contributed by atoms with van der Waals surface area (Å²) in [7, 11) is 3.39. The van der Waals surface area contributed by atoms with E-state index in [1.165, 1.54) is 7.11 Å². The number of nitrogens with zero attached hydrogens (tertiary/aromatic N) is 1. The monoisotopic (exact) mass is 201 g/mol. The molecular formula is C10H19NO3. The summed E-state index contributed by atoms with van der Waals surface area (Å²) >= 11 is 0. The highest BCUT2D eigenvalue weighted by atomic mass is 16.5. The van der Waals surface area contributed by atoms with Crippen LogP contribution in [0.15, 0.2) is 0 Å². The number of likely N-dealkylation sites (tertiary alicyclic amines) is 1. The van der Waals surface area contributed by atoms with Gasteiger partial charge in [-0.25, -0.2) is 0 Å². The average molecular weight is 201 g/mol. The maximum absolute atomic E-state index is 11.1. The minimum Gasteiger partial charge on any atom is -0.469 e. The van der Waals surface area contributed by atoms with Crippen LogP contribution < -0.4 is 0 Å². The number of carbonyl (C=O) groups is 1. The molecule has 0 aliphatic carbocycles. The minimum atomic E-state index is -0.849. The van der Waals surface area contributed by atoms with Crippen molar-refractivity contribution in [2.24, 2.45) is 0 Å². The SMILES string of the molecule is COC(=O)CC1(O)CCCN(C)CC1. The highest BCUT2D eigenvalue weighted by Gasteiger charge is 2.32. The predicted molar refractivity (Wildman–Crippen MR) is 52.9 cm³/mol. The smallest absolute Gasteiger partial charge is 0.308 e. The van der Waals surface area contributed by atoms with Crippen LogP contribution in [-0.2, 0) is 9.53 Å². The van der Waals surface area contributed by atoms with E-state index < -0.39 is 5.60 Å². The molecule has 14 heavy (non-hydrogen) atoms. The first-order valence-corrected chi connectivity index (χ1v) is 5.03. The normalized spacial score (nSPS) is 29.6. The van der Waals surface area contributed by atoms with Gasteiger partial charge in [0, 0.05) is 6.54 Å². The quantitative estimate of drug-likeness (QED) is 0.657. The molecular weight excluding hydrogens is 182 g/mol. The van der Waals surface area contributed by atoms with Gasteiger partial charge in [0.05, 0.1) is 19.1 Å². The van der Waals surface area contributed by atoms with Gasteiger partial charge in [0.1, 0.15) is 0 Å². The molecule has 1 rings (SSSR count). The zero-order chi connectivity index (χ0) is 10.6. The number of hydrogen-bond donors (Lipinski definition) is 1. The Kier molecular flexibility index (Phi) is 3.89. The summed E-state index contributed by atoms with van der Waals surface area (Å²) in [5, 5.41) is 10.1. The van der Waals surface area contributed by atoms with Crippen LogP contribution in [0, 0.1) is 0 Å². The summed E-state index contributed by atoms with van der Waals surface area (Å²) < 4.78 is 4.57. The lowest BCUT2D eigenvalue weighted by Gasteiger charge is -2.24. The summed E-state index contributed by atoms with van der Waals surface area (Å²) in [5.41, 5.74) is -0.849. The van der Waals surface area contributed by atoms with Gasteiger partial charge in [-0.1, -0.05) is 0 Å². The predicted octanol–water partition coefficient (Wildman–Crippen LogP) is 0.396. The number of methoxy groups -OCH3 is 1. The van der Waals surface area contributed by atoms with Crippen LogP contribution in [-0.4, -0.2) is 48.8 Å². The van der Waals surface area contributed by atoms with Crippen LogP contribution in [0.4, 0.5) is 0 Å². The Morgan fingerprint density at radius 3 is 2.86 bits per heavy atom. The molecule has 82 valence electrons. The van der Waals surface area contributed by atoms with E-state index in [9.17, 15) is 9.90 Å². The third-order valence-electron chi connectivity index (χ3n) is 2.84. The highest BCUT2D eigenvalue weighted by Crippen LogP contribution is 2.25. The van der Waals surface area contributed by atoms with Gasteiger partial charge in [-0.3, -0.25) is 4.79 Å². The molecule has 4 heteroatoms. The Morgan fingerprint density at radius 1 is 1.50 bits per heavy atom. The minimum absolute atomic E-state index is 0.122. The number of rotatable bonds is 2. The fourth-order valence-electron chi connectivity index (χ4n) is 1.83. The maximum Gasteiger partial charge on any atom is 0.308 e. The van der Waals surface area contributed by atoms with Gasteiger partial charge in [-0.2, -0.15) is 0 Å². The molecule has 0 aromatic heterocycles. The van der Waals surface area contributed by atoms with Gasteiger partial charge >= 0.3 is 5.97 Å². The molecule has 1 N–H and O–H groups in total. The number of carbonyl (C=O) groups excluding carboxylic acids is 1. The van der Waals surface area contributed by atoms with Crippen molar-refractivity contribution < 1.29 is 14.6 Å². The van der Waals surface area contributed by atoms with Gasteiger partial charge in [0.25, 0.3) is 0 Å². The first-order valence-electron chi connectivity index (χ1n) is 5.03. The first-order chi connectivity index (χ1) is 6.56. The largest absolute Gasteiger partial charge is 0.469 e. The fourth-order valence-corrected chi connectivity index (χ4v) is 1.83. The molecule has 0 radical (unpaired) electrons. The molecule has 1 aliphatic rings. The van der Waals surface area contributed by atoms with Crippen molar-refractivity contribution in [3.63, 3.8) is 0 Å². The lowest BCUT2D eigenvalue weighted by atomic mass is 9.91. The molecule has 0 bridgehead atoms. The molecule has 0 saturated carbocycles. The average Bonchev–Trinajstić information content (AvgIpc) is 2.29. The standard InChI is InChI=1S/C10H19NO3/c1-11-6-3-4-10(13,5-7-11)8-9(12)14-2/h13H,3-8H2,1-2H3. The third kappa shape index (κ3) is 3.27. The molecule has 0 amide bonds. The number of esters is 1. The molecule has 0 aromatic rings. The van der Waals surface area contributed by atoms with Crippen LogP contribution in [0.1, 0.15) is 25.7 Å². The van der Waals surface area contributed by atoms with Gasteiger partial charge in [0.15, 0.2) is 0 Å². The molecule has 1 heterocycles. The summed E-state index contributed by atoms with van der Waals surface area (Å²) in [5.74, 6) is -0.322. The Hall–Kier alpha value is -0.610. The van der Waals surface area contributed by atoms with Gasteiger partial charge in [0.2, 0.25) is 0 Å². The molecule has 1 aliphatic heterocycles. The van der Waals surface area contributed by atoms with Crippen LogP contribution >= 0.6 is 0 Å². The lowest BCUT2D eigenvalue weighted by molar-refractivity contribution is -0.146. The van der Waals surface area contributed by atoms with E-state index in [1.54, 1.807) is 0 Å². The second-order valence-corrected chi connectivity index (χ2v) is 4.13. The van der Waals surface area contributed by atoms with Crippen LogP contribution in [0.25, 0.3) is 0 Å². The third-order valence-corrected chi connectivity index (χ3v) is 2.84. The topological polar surface area (TPSA) is 49.8 Å². The second-order valence-electron chi connectivity index (χ2n) is 4.13. The van der Waals surface area contributed by atoms with Crippen LogP contribution in [0.2, 0.25) is 0 Å². The van der Waals surface area contributed by atoms with Crippen molar-refractivity contribution in [2.75, 3.05) is 27.2 Å². The van der Waals surface area contributed by atoms with Crippen LogP contribution in [0.3, 0.4) is 0 Å². The Morgan fingerprint density at radius 2 is 2.21 bits per heavy atom. The lowest BCUT2D eigenvalue weighted by Crippen LogP contribution is -2.33. The Bertz CT molecular complexity index is 208. The first kappa shape index (κ1) is 11.5. The van der Waals surface area contributed by atoms with Gasteiger partial charge in [-0.05, 0) is 32.9 Å². The van der Waals surface area contributed by atoms with Gasteiger partial charge in [-0.15, -0.1) is 0 Å². The highest BCUT2D eigenvalue weighted by molar-refractivity contribution is 5.70. The molecule has 0 spiro atoms. The van der Waals surface area contributed by atoms with E-state index in [2.05, 4.69) is 9.64 Å². The molecule has 1 saturated heterocycles. The van der Waals surface area contributed by atoms with Crippen molar-refractivity contribution in [1.82, 2.24) is 4.90 Å². The van der Waals surface area contributed by atoms with E-state index in [0.717, 1.165) is 19.5 Å². The van der Waals surface area contributed by atoms with E-state index in [0.29, 0.717) is 12.8 Å². The van der Waals surface area contributed by atoms with Crippen molar-refractivity contribution in [1.29, 1.82) is 0 Å². The molecule has 4 nitrogen and oxygen atoms in total. The van der Waals surface area contributed by atoms with E-state index in [1.807, 2.05) is 7.05 Å². The molecule has 1 fully saturated rings. The molecule has 1 atom stereocenters. The Balaban J connectivity index is 2.50. The summed E-state index contributed by atoms with van der Waals surface area (Å²) in [6.45, 7) is 1.83. The molecule has 1 unspecified atom stereocenters.